The molecule has 1 aliphatic heterocycles. The quantitative estimate of drug-likeness (QED) is 0.784. The van der Waals surface area contributed by atoms with Crippen molar-refractivity contribution in [2.75, 3.05) is 19.7 Å². The van der Waals surface area contributed by atoms with Gasteiger partial charge >= 0.3 is 0 Å². The van der Waals surface area contributed by atoms with Gasteiger partial charge in [0.1, 0.15) is 16.8 Å². The van der Waals surface area contributed by atoms with Crippen LogP contribution < -0.4 is 4.74 Å². The molecule has 1 amide bonds. The van der Waals surface area contributed by atoms with Crippen molar-refractivity contribution < 1.29 is 9.53 Å². The van der Waals surface area contributed by atoms with E-state index in [1.165, 1.54) is 5.56 Å². The third kappa shape index (κ3) is 3.54. The molecule has 2 heterocycles. The minimum atomic E-state index is 0.0509. The number of aromatic amines is 1. The van der Waals surface area contributed by atoms with Crippen LogP contribution in [0.1, 0.15) is 28.8 Å². The minimum Gasteiger partial charge on any atom is -0.493 e. The van der Waals surface area contributed by atoms with Crippen LogP contribution in [0, 0.1) is 12.8 Å². The van der Waals surface area contributed by atoms with Gasteiger partial charge in [-0.3, -0.25) is 4.79 Å². The predicted octanol–water partition coefficient (Wildman–Crippen LogP) is 3.20. The number of carbonyl (C=O) groups is 1. The molecule has 3 aromatic rings. The number of H-pyrrole nitrogens is 1. The van der Waals surface area contributed by atoms with Gasteiger partial charge in [0.15, 0.2) is 0 Å². The second-order valence-electron chi connectivity index (χ2n) is 6.91. The van der Waals surface area contributed by atoms with Crippen LogP contribution in [0.25, 0.3) is 11.0 Å². The van der Waals surface area contributed by atoms with Crippen LogP contribution in [-0.4, -0.2) is 45.9 Å². The third-order valence-electron chi connectivity index (χ3n) is 4.88. The molecule has 2 aromatic carbocycles. The van der Waals surface area contributed by atoms with Crippen molar-refractivity contribution in [2.45, 2.75) is 19.8 Å². The molecule has 1 N–H and O–H groups in total. The molecule has 0 spiro atoms. The molecule has 6 heteroatoms. The van der Waals surface area contributed by atoms with Gasteiger partial charge in [0.05, 0.1) is 6.61 Å². The highest BCUT2D eigenvalue weighted by molar-refractivity contribution is 5.97. The molecule has 6 nitrogen and oxygen atoms in total. The van der Waals surface area contributed by atoms with Crippen molar-refractivity contribution in [1.29, 1.82) is 0 Å². The van der Waals surface area contributed by atoms with E-state index in [4.69, 9.17) is 4.74 Å². The van der Waals surface area contributed by atoms with Crippen LogP contribution >= 0.6 is 0 Å². The van der Waals surface area contributed by atoms with Gasteiger partial charge in [0, 0.05) is 24.6 Å². The molecule has 1 aliphatic rings. The number of benzene rings is 2. The van der Waals surface area contributed by atoms with Crippen molar-refractivity contribution in [1.82, 2.24) is 20.3 Å². The van der Waals surface area contributed by atoms with E-state index in [2.05, 4.69) is 22.3 Å². The molecule has 0 bridgehead atoms. The molecule has 0 aliphatic carbocycles. The smallest absolute Gasteiger partial charge is 0.253 e. The molecule has 1 saturated heterocycles. The molecule has 134 valence electrons. The number of hydrogen-bond donors (Lipinski definition) is 1. The second kappa shape index (κ2) is 7.15. The Hall–Kier alpha value is -2.89. The molecule has 1 atom stereocenters. The summed E-state index contributed by atoms with van der Waals surface area (Å²) in [6.07, 6.45) is 2.08. The third-order valence-corrected chi connectivity index (χ3v) is 4.88. The summed E-state index contributed by atoms with van der Waals surface area (Å²) in [4.78, 5) is 14.8. The standard InChI is InChI=1S/C20H22N4O2/c1-14-4-7-17(8-5-14)26-13-15-3-2-10-24(12-15)20(25)16-6-9-18-19(11-16)22-23-21-18/h4-9,11,15H,2-3,10,12-13H2,1H3,(H,21,22,23)/t15-/m0/s1. The van der Waals surface area contributed by atoms with Crippen LogP contribution in [0.2, 0.25) is 0 Å². The van der Waals surface area contributed by atoms with Crippen molar-refractivity contribution in [3.8, 4) is 5.75 Å². The Morgan fingerprint density at radius 2 is 2.00 bits per heavy atom. The summed E-state index contributed by atoms with van der Waals surface area (Å²) < 4.78 is 5.92. The lowest BCUT2D eigenvalue weighted by Crippen LogP contribution is -2.41. The number of amides is 1. The zero-order valence-corrected chi connectivity index (χ0v) is 14.8. The Bertz CT molecular complexity index is 904. The summed E-state index contributed by atoms with van der Waals surface area (Å²) in [5.41, 5.74) is 3.36. The van der Waals surface area contributed by atoms with Crippen LogP contribution in [-0.2, 0) is 0 Å². The highest BCUT2D eigenvalue weighted by atomic mass is 16.5. The number of aromatic nitrogens is 3. The number of hydrogen-bond acceptors (Lipinski definition) is 4. The maximum Gasteiger partial charge on any atom is 0.253 e. The summed E-state index contributed by atoms with van der Waals surface area (Å²) in [6, 6.07) is 13.5. The number of piperidine rings is 1. The summed E-state index contributed by atoms with van der Waals surface area (Å²) in [6.45, 7) is 4.21. The fraction of sp³-hybridized carbons (Fsp3) is 0.350. The van der Waals surface area contributed by atoms with Gasteiger partial charge in [0.2, 0.25) is 0 Å². The maximum atomic E-state index is 12.8. The molecule has 0 saturated carbocycles. The topological polar surface area (TPSA) is 71.1 Å². The average molecular weight is 350 g/mol. The molecular formula is C20H22N4O2. The number of nitrogens with one attached hydrogen (secondary N) is 1. The zero-order valence-electron chi connectivity index (χ0n) is 14.8. The number of carbonyl (C=O) groups excluding carboxylic acids is 1. The fourth-order valence-electron chi connectivity index (χ4n) is 3.39. The molecule has 1 aromatic heterocycles. The van der Waals surface area contributed by atoms with Crippen molar-refractivity contribution in [3.63, 3.8) is 0 Å². The Labute approximate surface area is 152 Å². The molecule has 0 unspecified atom stereocenters. The maximum absolute atomic E-state index is 12.8. The van der Waals surface area contributed by atoms with Crippen LogP contribution in [0.5, 0.6) is 5.75 Å². The largest absolute Gasteiger partial charge is 0.493 e. The summed E-state index contributed by atoms with van der Waals surface area (Å²) in [5.74, 6) is 1.29. The molecule has 1 fully saturated rings. The van der Waals surface area contributed by atoms with E-state index in [9.17, 15) is 4.79 Å². The number of rotatable bonds is 4. The number of fused-ring (bicyclic) bond motifs is 1. The van der Waals surface area contributed by atoms with Gasteiger partial charge in [-0.05, 0) is 50.1 Å². The highest BCUT2D eigenvalue weighted by Gasteiger charge is 2.25. The second-order valence-corrected chi connectivity index (χ2v) is 6.91. The van der Waals surface area contributed by atoms with Crippen molar-refractivity contribution in [2.24, 2.45) is 5.92 Å². The molecule has 4 rings (SSSR count). The Kier molecular flexibility index (Phi) is 4.56. The van der Waals surface area contributed by atoms with E-state index in [1.54, 1.807) is 6.07 Å². The first-order chi connectivity index (χ1) is 12.7. The minimum absolute atomic E-state index is 0.0509. The van der Waals surface area contributed by atoms with E-state index in [1.807, 2.05) is 41.3 Å². The van der Waals surface area contributed by atoms with E-state index in [-0.39, 0.29) is 5.91 Å². The molecule has 26 heavy (non-hydrogen) atoms. The highest BCUT2D eigenvalue weighted by Crippen LogP contribution is 2.21. The predicted molar refractivity (Wildman–Crippen MR) is 99.2 cm³/mol. The van der Waals surface area contributed by atoms with Gasteiger partial charge in [0.25, 0.3) is 5.91 Å². The molecular weight excluding hydrogens is 328 g/mol. The van der Waals surface area contributed by atoms with E-state index in [0.717, 1.165) is 37.2 Å². The van der Waals surface area contributed by atoms with Gasteiger partial charge in [-0.2, -0.15) is 15.4 Å². The number of likely N-dealkylation sites (tertiary alicyclic amines) is 1. The summed E-state index contributed by atoms with van der Waals surface area (Å²) in [7, 11) is 0. The van der Waals surface area contributed by atoms with Crippen LogP contribution in [0.3, 0.4) is 0 Å². The van der Waals surface area contributed by atoms with Crippen molar-refractivity contribution >= 4 is 16.9 Å². The lowest BCUT2D eigenvalue weighted by molar-refractivity contribution is 0.0633. The summed E-state index contributed by atoms with van der Waals surface area (Å²) in [5, 5.41) is 10.7. The lowest BCUT2D eigenvalue weighted by Gasteiger charge is -2.32. The number of aryl methyl sites for hydroxylation is 1. The summed E-state index contributed by atoms with van der Waals surface area (Å²) >= 11 is 0. The first kappa shape index (κ1) is 16.6. The lowest BCUT2D eigenvalue weighted by atomic mass is 9.98. The monoisotopic (exact) mass is 350 g/mol. The van der Waals surface area contributed by atoms with Crippen LogP contribution in [0.15, 0.2) is 42.5 Å². The first-order valence-corrected chi connectivity index (χ1v) is 8.98. The van der Waals surface area contributed by atoms with E-state index < -0.39 is 0 Å². The van der Waals surface area contributed by atoms with Gasteiger partial charge < -0.3 is 9.64 Å². The average Bonchev–Trinajstić information content (AvgIpc) is 3.15. The van der Waals surface area contributed by atoms with Crippen molar-refractivity contribution in [3.05, 3.63) is 53.6 Å². The SMILES string of the molecule is Cc1ccc(OC[C@H]2CCCN(C(=O)c3ccc4n[nH]nc4c3)C2)cc1. The van der Waals surface area contributed by atoms with Gasteiger partial charge in [-0.15, -0.1) is 0 Å². The fourth-order valence-corrected chi connectivity index (χ4v) is 3.39. The first-order valence-electron chi connectivity index (χ1n) is 8.98. The van der Waals surface area contributed by atoms with Crippen LogP contribution in [0.4, 0.5) is 0 Å². The number of ether oxygens (including phenoxy) is 1. The van der Waals surface area contributed by atoms with E-state index in [0.29, 0.717) is 23.6 Å². The van der Waals surface area contributed by atoms with Gasteiger partial charge in [-0.25, -0.2) is 0 Å². The normalized spacial score (nSPS) is 17.4. The molecule has 0 radical (unpaired) electrons. The van der Waals surface area contributed by atoms with E-state index >= 15 is 0 Å². The van der Waals surface area contributed by atoms with Gasteiger partial charge in [-0.1, -0.05) is 17.7 Å². The zero-order chi connectivity index (χ0) is 17.9. The Morgan fingerprint density at radius 3 is 2.85 bits per heavy atom. The Balaban J connectivity index is 1.39. The Morgan fingerprint density at radius 1 is 1.19 bits per heavy atom. The number of nitrogens with zero attached hydrogens (tertiary/aromatic N) is 3.